The minimum atomic E-state index is -1.54. The molecule has 0 amide bonds. The standard InChI is InChI=1S/C10H20OSi2/c1-4-13(5-2,6-3)9-7-8-12-10-11/h4-6,11H,1-3,7-10,12H2. The Morgan fingerprint density at radius 1 is 1.15 bits per heavy atom. The highest BCUT2D eigenvalue weighted by Crippen LogP contribution is 2.17. The first kappa shape index (κ1) is 12.6. The molecule has 0 saturated heterocycles. The Balaban J connectivity index is 3.89. The molecular formula is C10H20OSi2. The molecule has 3 heteroatoms. The van der Waals surface area contributed by atoms with Gasteiger partial charge < -0.3 is 5.11 Å². The maximum absolute atomic E-state index is 8.68. The zero-order chi connectivity index (χ0) is 10.2. The van der Waals surface area contributed by atoms with E-state index in [1.165, 1.54) is 12.5 Å². The van der Waals surface area contributed by atoms with Gasteiger partial charge in [-0.15, -0.1) is 19.7 Å². The van der Waals surface area contributed by atoms with Gasteiger partial charge in [-0.2, -0.15) is 0 Å². The molecule has 0 spiro atoms. The summed E-state index contributed by atoms with van der Waals surface area (Å²) in [6, 6.07) is 2.39. The van der Waals surface area contributed by atoms with Crippen molar-refractivity contribution >= 4 is 17.6 Å². The van der Waals surface area contributed by atoms with Crippen molar-refractivity contribution in [1.29, 1.82) is 0 Å². The minimum absolute atomic E-state index is 0.195. The topological polar surface area (TPSA) is 20.2 Å². The molecule has 74 valence electrons. The Bertz CT molecular complexity index is 156. The van der Waals surface area contributed by atoms with E-state index in [1.807, 2.05) is 17.1 Å². The fourth-order valence-electron chi connectivity index (χ4n) is 1.28. The van der Waals surface area contributed by atoms with Gasteiger partial charge in [0.05, 0.1) is 9.52 Å². The molecule has 0 fully saturated rings. The Morgan fingerprint density at radius 3 is 2.08 bits per heavy atom. The third-order valence-electron chi connectivity index (χ3n) is 2.41. The molecule has 0 aromatic heterocycles. The van der Waals surface area contributed by atoms with E-state index in [0.717, 1.165) is 6.04 Å². The first-order valence-corrected chi connectivity index (χ1v) is 9.20. The summed E-state index contributed by atoms with van der Waals surface area (Å²) in [6.45, 7) is 11.6. The van der Waals surface area contributed by atoms with Gasteiger partial charge in [-0.1, -0.05) is 29.6 Å². The van der Waals surface area contributed by atoms with Crippen LogP contribution in [0, 0.1) is 0 Å². The normalized spacial score (nSPS) is 11.8. The molecule has 0 bridgehead atoms. The maximum atomic E-state index is 8.68. The third-order valence-corrected chi connectivity index (χ3v) is 7.22. The Labute approximate surface area is 84.7 Å². The van der Waals surface area contributed by atoms with Crippen molar-refractivity contribution in [2.24, 2.45) is 0 Å². The molecule has 1 nitrogen and oxygen atoms in total. The molecule has 0 aromatic rings. The second kappa shape index (κ2) is 7.06. The Morgan fingerprint density at radius 2 is 1.69 bits per heavy atom. The fourth-order valence-corrected chi connectivity index (χ4v) is 4.58. The first-order chi connectivity index (χ1) is 6.24. The van der Waals surface area contributed by atoms with Crippen LogP contribution in [0.15, 0.2) is 36.8 Å². The van der Waals surface area contributed by atoms with Crippen molar-refractivity contribution in [1.82, 2.24) is 0 Å². The predicted molar refractivity (Wildman–Crippen MR) is 66.2 cm³/mol. The molecule has 0 aliphatic carbocycles. The lowest BCUT2D eigenvalue weighted by Crippen LogP contribution is -2.26. The smallest absolute Gasteiger partial charge is 0.124 e. The van der Waals surface area contributed by atoms with Gasteiger partial charge in [-0.05, 0) is 6.04 Å². The second-order valence-electron chi connectivity index (χ2n) is 3.26. The molecule has 13 heavy (non-hydrogen) atoms. The van der Waals surface area contributed by atoms with Crippen LogP contribution in [-0.4, -0.2) is 28.9 Å². The fraction of sp³-hybridized carbons (Fsp3) is 0.400. The second-order valence-corrected chi connectivity index (χ2v) is 9.07. The van der Waals surface area contributed by atoms with Gasteiger partial charge in [-0.25, -0.2) is 0 Å². The first-order valence-electron chi connectivity index (χ1n) is 4.76. The molecule has 0 unspecified atom stereocenters. The molecule has 0 aliphatic heterocycles. The number of rotatable bonds is 8. The van der Waals surface area contributed by atoms with Crippen molar-refractivity contribution in [3.63, 3.8) is 0 Å². The van der Waals surface area contributed by atoms with Crippen molar-refractivity contribution in [2.45, 2.75) is 18.5 Å². The number of aliphatic hydroxyl groups excluding tert-OH is 1. The van der Waals surface area contributed by atoms with Gasteiger partial charge in [0.2, 0.25) is 0 Å². The average molecular weight is 212 g/mol. The zero-order valence-electron chi connectivity index (χ0n) is 8.34. The van der Waals surface area contributed by atoms with Crippen LogP contribution in [0.5, 0.6) is 0 Å². The summed E-state index contributed by atoms with van der Waals surface area (Å²) >= 11 is 0. The summed E-state index contributed by atoms with van der Waals surface area (Å²) in [5.41, 5.74) is 6.11. The number of hydrogen-bond acceptors (Lipinski definition) is 1. The Hall–Kier alpha value is -0.386. The summed E-state index contributed by atoms with van der Waals surface area (Å²) in [7, 11) is -1.73. The summed E-state index contributed by atoms with van der Waals surface area (Å²) in [5.74, 6) is 0. The monoisotopic (exact) mass is 212 g/mol. The summed E-state index contributed by atoms with van der Waals surface area (Å²) < 4.78 is 0. The van der Waals surface area contributed by atoms with E-state index in [4.69, 9.17) is 5.11 Å². The highest BCUT2D eigenvalue weighted by atomic mass is 28.3. The van der Waals surface area contributed by atoms with E-state index in [-0.39, 0.29) is 9.52 Å². The maximum Gasteiger partial charge on any atom is 0.124 e. The molecule has 0 heterocycles. The van der Waals surface area contributed by atoms with Crippen LogP contribution in [-0.2, 0) is 0 Å². The molecule has 0 radical (unpaired) electrons. The van der Waals surface area contributed by atoms with Gasteiger partial charge in [0.1, 0.15) is 8.07 Å². The van der Waals surface area contributed by atoms with E-state index < -0.39 is 8.07 Å². The quantitative estimate of drug-likeness (QED) is 0.478. The summed E-state index contributed by atoms with van der Waals surface area (Å²) in [6.07, 6.45) is 1.63. The Kier molecular flexibility index (Phi) is 6.85. The highest BCUT2D eigenvalue weighted by molar-refractivity contribution is 6.93. The SMILES string of the molecule is C=C[Si](C=C)(C=C)CCC[SiH2]CO. The highest BCUT2D eigenvalue weighted by Gasteiger charge is 2.20. The molecule has 0 aromatic carbocycles. The van der Waals surface area contributed by atoms with Crippen LogP contribution in [0.25, 0.3) is 0 Å². The predicted octanol–water partition coefficient (Wildman–Crippen LogP) is 1.54. The molecular weight excluding hydrogens is 192 g/mol. The summed E-state index contributed by atoms with van der Waals surface area (Å²) in [5, 5.41) is 8.68. The lowest BCUT2D eigenvalue weighted by atomic mass is 10.6. The van der Waals surface area contributed by atoms with Crippen LogP contribution in [0.2, 0.25) is 12.1 Å². The van der Waals surface area contributed by atoms with E-state index in [0.29, 0.717) is 6.23 Å². The van der Waals surface area contributed by atoms with Gasteiger partial charge in [0.15, 0.2) is 0 Å². The van der Waals surface area contributed by atoms with Gasteiger partial charge >= 0.3 is 0 Å². The van der Waals surface area contributed by atoms with E-state index >= 15 is 0 Å². The third kappa shape index (κ3) is 4.40. The largest absolute Gasteiger partial charge is 0.400 e. The van der Waals surface area contributed by atoms with Crippen LogP contribution in [0.3, 0.4) is 0 Å². The van der Waals surface area contributed by atoms with Crippen LogP contribution >= 0.6 is 0 Å². The summed E-state index contributed by atoms with van der Waals surface area (Å²) in [4.78, 5) is 0. The minimum Gasteiger partial charge on any atom is -0.400 e. The van der Waals surface area contributed by atoms with Gasteiger partial charge in [0, 0.05) is 6.23 Å². The molecule has 1 N–H and O–H groups in total. The lowest BCUT2D eigenvalue weighted by molar-refractivity contribution is 0.365. The number of hydrogen-bond donors (Lipinski definition) is 1. The van der Waals surface area contributed by atoms with Gasteiger partial charge in [-0.3, -0.25) is 0 Å². The molecule has 0 atom stereocenters. The van der Waals surface area contributed by atoms with Crippen LogP contribution < -0.4 is 0 Å². The average Bonchev–Trinajstić information content (AvgIpc) is 2.20. The lowest BCUT2D eigenvalue weighted by Gasteiger charge is -2.18. The molecule has 0 aliphatic rings. The molecule has 0 saturated carbocycles. The van der Waals surface area contributed by atoms with E-state index in [1.54, 1.807) is 0 Å². The van der Waals surface area contributed by atoms with E-state index in [9.17, 15) is 0 Å². The van der Waals surface area contributed by atoms with Crippen molar-refractivity contribution < 1.29 is 5.11 Å². The van der Waals surface area contributed by atoms with Crippen molar-refractivity contribution in [3.8, 4) is 0 Å². The molecule has 0 rings (SSSR count). The zero-order valence-corrected chi connectivity index (χ0v) is 10.8. The van der Waals surface area contributed by atoms with Gasteiger partial charge in [0.25, 0.3) is 0 Å². The number of aliphatic hydroxyl groups is 1. The van der Waals surface area contributed by atoms with Crippen LogP contribution in [0.1, 0.15) is 6.42 Å². The van der Waals surface area contributed by atoms with E-state index in [2.05, 4.69) is 19.7 Å². The van der Waals surface area contributed by atoms with Crippen LogP contribution in [0.4, 0.5) is 0 Å². The van der Waals surface area contributed by atoms with Crippen molar-refractivity contribution in [3.05, 3.63) is 36.8 Å². The van der Waals surface area contributed by atoms with Crippen molar-refractivity contribution in [2.75, 3.05) is 6.23 Å².